The number of nitrogens with zero attached hydrogens (tertiary/aromatic N) is 4. The minimum Gasteiger partial charge on any atom is -0.343 e. The first-order chi connectivity index (χ1) is 14.5. The van der Waals surface area contributed by atoms with Gasteiger partial charge in [-0.3, -0.25) is 14.5 Å². The van der Waals surface area contributed by atoms with E-state index in [-0.39, 0.29) is 17.7 Å². The van der Waals surface area contributed by atoms with Crippen molar-refractivity contribution < 1.29 is 9.59 Å². The van der Waals surface area contributed by atoms with Gasteiger partial charge in [0, 0.05) is 68.1 Å². The van der Waals surface area contributed by atoms with Gasteiger partial charge in [-0.2, -0.15) is 0 Å². The zero-order valence-corrected chi connectivity index (χ0v) is 18.8. The molecule has 0 bridgehead atoms. The number of thiazole rings is 1. The van der Waals surface area contributed by atoms with Crippen LogP contribution in [0.25, 0.3) is 11.3 Å². The maximum absolute atomic E-state index is 12.9. The number of carbonyl (C=O) groups is 2. The second kappa shape index (κ2) is 9.45. The first-order valence-electron chi connectivity index (χ1n) is 10.5. The highest BCUT2D eigenvalue weighted by Crippen LogP contribution is 2.25. The standard InChI is InChI=1S/C22H27ClN4O2S/c1-16(28)26-8-6-18(7-9-26)22(29)27-12-10-25(11-13-27)14-21-24-20(15-30-21)17-2-4-19(23)5-3-17/h2-5,15,18H,6-14H2,1H3. The summed E-state index contributed by atoms with van der Waals surface area (Å²) in [5, 5.41) is 3.91. The van der Waals surface area contributed by atoms with E-state index in [2.05, 4.69) is 10.3 Å². The maximum atomic E-state index is 12.9. The Hall–Kier alpha value is -1.96. The first kappa shape index (κ1) is 21.3. The Kier molecular flexibility index (Phi) is 6.71. The molecule has 2 fully saturated rings. The molecule has 6 nitrogen and oxygen atoms in total. The number of hydrogen-bond acceptors (Lipinski definition) is 5. The Labute approximate surface area is 186 Å². The molecule has 2 aliphatic heterocycles. The molecule has 160 valence electrons. The van der Waals surface area contributed by atoms with Gasteiger partial charge in [-0.05, 0) is 25.0 Å². The van der Waals surface area contributed by atoms with Crippen LogP contribution in [0.4, 0.5) is 0 Å². The second-order valence-electron chi connectivity index (χ2n) is 8.02. The highest BCUT2D eigenvalue weighted by atomic mass is 35.5. The summed E-state index contributed by atoms with van der Waals surface area (Å²) >= 11 is 7.64. The van der Waals surface area contributed by atoms with Gasteiger partial charge >= 0.3 is 0 Å². The fourth-order valence-corrected chi connectivity index (χ4v) is 5.12. The molecular formula is C22H27ClN4O2S. The van der Waals surface area contributed by atoms with Crippen LogP contribution >= 0.6 is 22.9 Å². The van der Waals surface area contributed by atoms with Gasteiger partial charge in [0.05, 0.1) is 12.2 Å². The van der Waals surface area contributed by atoms with Crippen LogP contribution in [0.15, 0.2) is 29.6 Å². The van der Waals surface area contributed by atoms with Crippen molar-refractivity contribution in [1.82, 2.24) is 19.7 Å². The third-order valence-corrected chi connectivity index (χ3v) is 7.11. The van der Waals surface area contributed by atoms with E-state index in [9.17, 15) is 9.59 Å². The van der Waals surface area contributed by atoms with Crippen LogP contribution in [-0.4, -0.2) is 70.8 Å². The lowest BCUT2D eigenvalue weighted by molar-refractivity contribution is -0.141. The van der Waals surface area contributed by atoms with E-state index in [1.54, 1.807) is 18.3 Å². The van der Waals surface area contributed by atoms with E-state index in [4.69, 9.17) is 16.6 Å². The van der Waals surface area contributed by atoms with Crippen molar-refractivity contribution in [3.8, 4) is 11.3 Å². The van der Waals surface area contributed by atoms with Gasteiger partial charge < -0.3 is 9.80 Å². The summed E-state index contributed by atoms with van der Waals surface area (Å²) in [5.74, 6) is 0.432. The highest BCUT2D eigenvalue weighted by Gasteiger charge is 2.31. The van der Waals surface area contributed by atoms with Crippen LogP contribution in [0.5, 0.6) is 0 Å². The Balaban J connectivity index is 1.25. The molecule has 30 heavy (non-hydrogen) atoms. The van der Waals surface area contributed by atoms with Crippen molar-refractivity contribution in [3.05, 3.63) is 39.7 Å². The van der Waals surface area contributed by atoms with E-state index >= 15 is 0 Å². The SMILES string of the molecule is CC(=O)N1CCC(C(=O)N2CCN(Cc3nc(-c4ccc(Cl)cc4)cs3)CC2)CC1. The molecule has 2 aliphatic rings. The van der Waals surface area contributed by atoms with Gasteiger partial charge in [0.2, 0.25) is 11.8 Å². The van der Waals surface area contributed by atoms with Crippen molar-refractivity contribution in [2.45, 2.75) is 26.3 Å². The summed E-state index contributed by atoms with van der Waals surface area (Å²) in [6, 6.07) is 7.76. The van der Waals surface area contributed by atoms with E-state index in [0.717, 1.165) is 66.9 Å². The quantitative estimate of drug-likeness (QED) is 0.722. The zero-order valence-electron chi connectivity index (χ0n) is 17.2. The molecule has 2 aromatic rings. The lowest BCUT2D eigenvalue weighted by Gasteiger charge is -2.38. The lowest BCUT2D eigenvalue weighted by Crippen LogP contribution is -2.51. The van der Waals surface area contributed by atoms with Crippen molar-refractivity contribution >= 4 is 34.8 Å². The minimum absolute atomic E-state index is 0.0630. The number of piperazine rings is 1. The molecule has 8 heteroatoms. The Morgan fingerprint density at radius 1 is 1.03 bits per heavy atom. The van der Waals surface area contributed by atoms with E-state index in [1.807, 2.05) is 34.1 Å². The molecule has 0 radical (unpaired) electrons. The topological polar surface area (TPSA) is 56.8 Å². The van der Waals surface area contributed by atoms with E-state index in [1.165, 1.54) is 0 Å². The fraction of sp³-hybridized carbons (Fsp3) is 0.500. The van der Waals surface area contributed by atoms with E-state index < -0.39 is 0 Å². The third-order valence-electron chi connectivity index (χ3n) is 6.02. The van der Waals surface area contributed by atoms with E-state index in [0.29, 0.717) is 13.1 Å². The first-order valence-corrected chi connectivity index (χ1v) is 11.7. The largest absolute Gasteiger partial charge is 0.343 e. The van der Waals surface area contributed by atoms with Crippen LogP contribution in [0, 0.1) is 5.92 Å². The van der Waals surface area contributed by atoms with Gasteiger partial charge in [-0.1, -0.05) is 23.7 Å². The molecule has 0 saturated carbocycles. The predicted molar refractivity (Wildman–Crippen MR) is 119 cm³/mol. The summed E-state index contributed by atoms with van der Waals surface area (Å²) in [6.45, 7) is 7.08. The average molecular weight is 447 g/mol. The highest BCUT2D eigenvalue weighted by molar-refractivity contribution is 7.09. The third kappa shape index (κ3) is 5.02. The molecule has 0 N–H and O–H groups in total. The number of likely N-dealkylation sites (tertiary alicyclic amines) is 1. The van der Waals surface area contributed by atoms with Gasteiger partial charge in [-0.25, -0.2) is 4.98 Å². The number of hydrogen-bond donors (Lipinski definition) is 0. The van der Waals surface area contributed by atoms with Crippen LogP contribution in [0.1, 0.15) is 24.8 Å². The summed E-state index contributed by atoms with van der Waals surface area (Å²) in [5.41, 5.74) is 2.06. The van der Waals surface area contributed by atoms with Crippen molar-refractivity contribution in [2.24, 2.45) is 5.92 Å². The van der Waals surface area contributed by atoms with Gasteiger partial charge in [0.1, 0.15) is 5.01 Å². The Morgan fingerprint density at radius 2 is 1.70 bits per heavy atom. The molecule has 0 atom stereocenters. The molecule has 2 saturated heterocycles. The number of aromatic nitrogens is 1. The van der Waals surface area contributed by atoms with Gasteiger partial charge in [-0.15, -0.1) is 11.3 Å². The number of rotatable bonds is 4. The summed E-state index contributed by atoms with van der Waals surface area (Å²) < 4.78 is 0. The fourth-order valence-electron chi connectivity index (χ4n) is 4.15. The minimum atomic E-state index is 0.0630. The van der Waals surface area contributed by atoms with Gasteiger partial charge in [0.25, 0.3) is 0 Å². The van der Waals surface area contributed by atoms with Crippen LogP contribution in [-0.2, 0) is 16.1 Å². The number of halogens is 1. The van der Waals surface area contributed by atoms with Gasteiger partial charge in [0.15, 0.2) is 0 Å². The molecule has 0 aliphatic carbocycles. The molecule has 2 amide bonds. The number of benzene rings is 1. The molecule has 3 heterocycles. The molecule has 4 rings (SSSR count). The van der Waals surface area contributed by atoms with Crippen molar-refractivity contribution in [2.75, 3.05) is 39.3 Å². The summed E-state index contributed by atoms with van der Waals surface area (Å²) in [6.07, 6.45) is 1.57. The molecule has 1 aromatic heterocycles. The average Bonchev–Trinajstić information content (AvgIpc) is 3.23. The van der Waals surface area contributed by atoms with Crippen LogP contribution in [0.2, 0.25) is 5.02 Å². The van der Waals surface area contributed by atoms with Crippen molar-refractivity contribution in [3.63, 3.8) is 0 Å². The molecule has 1 aromatic carbocycles. The Morgan fingerprint density at radius 3 is 2.33 bits per heavy atom. The number of carbonyl (C=O) groups excluding carboxylic acids is 2. The van der Waals surface area contributed by atoms with Crippen LogP contribution < -0.4 is 0 Å². The zero-order chi connectivity index (χ0) is 21.1. The second-order valence-corrected chi connectivity index (χ2v) is 9.39. The summed E-state index contributed by atoms with van der Waals surface area (Å²) in [7, 11) is 0. The lowest BCUT2D eigenvalue weighted by atomic mass is 9.95. The molecule has 0 spiro atoms. The normalized spacial score (nSPS) is 18.6. The monoisotopic (exact) mass is 446 g/mol. The summed E-state index contributed by atoms with van der Waals surface area (Å²) in [4.78, 5) is 35.3. The predicted octanol–water partition coefficient (Wildman–Crippen LogP) is 3.37. The smallest absolute Gasteiger partial charge is 0.225 e. The number of piperidine rings is 1. The van der Waals surface area contributed by atoms with Crippen LogP contribution in [0.3, 0.4) is 0 Å². The maximum Gasteiger partial charge on any atom is 0.225 e. The number of amides is 2. The molecular weight excluding hydrogens is 420 g/mol. The Bertz CT molecular complexity index is 885. The van der Waals surface area contributed by atoms with Crippen molar-refractivity contribution in [1.29, 1.82) is 0 Å². The molecule has 0 unspecified atom stereocenters.